The summed E-state index contributed by atoms with van der Waals surface area (Å²) < 4.78 is 29.6. The Morgan fingerprint density at radius 2 is 1.81 bits per heavy atom. The molecule has 1 aliphatic heterocycles. The van der Waals surface area contributed by atoms with Crippen LogP contribution in [0.2, 0.25) is 5.02 Å². The van der Waals surface area contributed by atoms with Crippen LogP contribution in [0.3, 0.4) is 0 Å². The van der Waals surface area contributed by atoms with E-state index in [1.165, 1.54) is 18.6 Å². The molecule has 0 saturated carbocycles. The van der Waals surface area contributed by atoms with Crippen molar-refractivity contribution in [1.82, 2.24) is 19.4 Å². The lowest BCUT2D eigenvalue weighted by molar-refractivity contribution is -0.134. The van der Waals surface area contributed by atoms with Gasteiger partial charge in [-0.2, -0.15) is 0 Å². The number of nitrogens with one attached hydrogen (secondary N) is 1. The molecule has 0 bridgehead atoms. The Kier molecular flexibility index (Phi) is 6.55. The summed E-state index contributed by atoms with van der Waals surface area (Å²) in [5.74, 6) is 0.253. The number of hydrogen-bond acceptors (Lipinski definition) is 6. The van der Waals surface area contributed by atoms with Crippen molar-refractivity contribution in [3.63, 3.8) is 0 Å². The van der Waals surface area contributed by atoms with Crippen LogP contribution in [0, 0.1) is 0 Å². The van der Waals surface area contributed by atoms with Crippen molar-refractivity contribution in [3.8, 4) is 0 Å². The third-order valence-electron chi connectivity index (χ3n) is 6.39. The van der Waals surface area contributed by atoms with Crippen molar-refractivity contribution in [3.05, 3.63) is 78.3 Å². The van der Waals surface area contributed by atoms with E-state index in [-0.39, 0.29) is 24.1 Å². The number of rotatable bonds is 6. The second-order valence-electron chi connectivity index (χ2n) is 8.58. The fourth-order valence-electron chi connectivity index (χ4n) is 4.45. The Morgan fingerprint density at radius 3 is 2.50 bits per heavy atom. The highest BCUT2D eigenvalue weighted by Crippen LogP contribution is 2.28. The van der Waals surface area contributed by atoms with Gasteiger partial charge in [-0.1, -0.05) is 23.7 Å². The molecule has 3 heterocycles. The monoisotopic (exact) mass is 526 g/mol. The lowest BCUT2D eigenvalue weighted by Gasteiger charge is -2.37. The SMILES string of the molecule is CC(C(=O)N1CCN(c2ccc(S(=O)(=O)Nc3ccncn3)cc2)CC1)n1ccc2cccc(Cl)c21.[HH]. The molecule has 0 spiro atoms. The zero-order valence-corrected chi connectivity index (χ0v) is 21.2. The van der Waals surface area contributed by atoms with Crippen molar-refractivity contribution < 1.29 is 14.6 Å². The van der Waals surface area contributed by atoms with Gasteiger partial charge in [-0.3, -0.25) is 9.52 Å². The van der Waals surface area contributed by atoms with Crippen LogP contribution in [0.25, 0.3) is 10.9 Å². The zero-order valence-electron chi connectivity index (χ0n) is 19.6. The Balaban J connectivity index is 0.00000320. The third-order valence-corrected chi connectivity index (χ3v) is 8.07. The maximum absolute atomic E-state index is 13.3. The van der Waals surface area contributed by atoms with E-state index in [0.717, 1.165) is 16.6 Å². The smallest absolute Gasteiger partial charge is 0.263 e. The molecule has 11 heteroatoms. The van der Waals surface area contributed by atoms with Gasteiger partial charge in [0.1, 0.15) is 18.2 Å². The van der Waals surface area contributed by atoms with E-state index >= 15 is 0 Å². The number of anilines is 2. The van der Waals surface area contributed by atoms with E-state index in [2.05, 4.69) is 19.6 Å². The Labute approximate surface area is 215 Å². The molecular weight excluding hydrogens is 500 g/mol. The summed E-state index contributed by atoms with van der Waals surface area (Å²) in [5, 5.41) is 1.63. The number of hydrogen-bond donors (Lipinski definition) is 1. The van der Waals surface area contributed by atoms with E-state index in [1.54, 1.807) is 24.3 Å². The first-order valence-corrected chi connectivity index (χ1v) is 13.4. The van der Waals surface area contributed by atoms with Gasteiger partial charge in [0, 0.05) is 51.1 Å². The molecule has 1 amide bonds. The van der Waals surface area contributed by atoms with Crippen molar-refractivity contribution in [2.75, 3.05) is 35.8 Å². The molecule has 36 heavy (non-hydrogen) atoms. The molecule has 1 saturated heterocycles. The summed E-state index contributed by atoms with van der Waals surface area (Å²) in [6.45, 7) is 4.34. The molecule has 2 aromatic carbocycles. The topological polar surface area (TPSA) is 100 Å². The molecule has 0 aliphatic carbocycles. The van der Waals surface area contributed by atoms with Gasteiger partial charge in [-0.25, -0.2) is 18.4 Å². The van der Waals surface area contributed by atoms with Gasteiger partial charge >= 0.3 is 0 Å². The van der Waals surface area contributed by atoms with Crippen molar-refractivity contribution in [2.24, 2.45) is 0 Å². The largest absolute Gasteiger partial charge is 0.368 e. The average molecular weight is 527 g/mol. The Bertz CT molecular complexity index is 1490. The van der Waals surface area contributed by atoms with Crippen molar-refractivity contribution in [2.45, 2.75) is 17.9 Å². The highest BCUT2D eigenvalue weighted by atomic mass is 35.5. The molecule has 4 aromatic rings. The molecule has 1 atom stereocenters. The van der Waals surface area contributed by atoms with Crippen LogP contribution in [0.5, 0.6) is 0 Å². The number of nitrogens with zero attached hydrogens (tertiary/aromatic N) is 5. The fourth-order valence-corrected chi connectivity index (χ4v) is 5.74. The number of aromatic nitrogens is 3. The van der Waals surface area contributed by atoms with E-state index in [0.29, 0.717) is 31.2 Å². The number of piperazine rings is 1. The number of sulfonamides is 1. The predicted octanol–water partition coefficient (Wildman–Crippen LogP) is 4.04. The van der Waals surface area contributed by atoms with Crippen LogP contribution in [0.1, 0.15) is 14.4 Å². The molecular formula is C25H27ClN6O3S. The normalized spacial score (nSPS) is 15.2. The molecule has 1 unspecified atom stereocenters. The molecule has 0 radical (unpaired) electrons. The summed E-state index contributed by atoms with van der Waals surface area (Å²) in [4.78, 5) is 25.1. The Hall–Kier alpha value is -3.63. The summed E-state index contributed by atoms with van der Waals surface area (Å²) in [6.07, 6.45) is 4.65. The first kappa shape index (κ1) is 24.1. The van der Waals surface area contributed by atoms with E-state index < -0.39 is 10.0 Å². The predicted molar refractivity (Wildman–Crippen MR) is 142 cm³/mol. The number of amides is 1. The van der Waals surface area contributed by atoms with Gasteiger partial charge < -0.3 is 14.4 Å². The number of halogens is 1. The Morgan fingerprint density at radius 1 is 1.06 bits per heavy atom. The van der Waals surface area contributed by atoms with E-state index in [1.807, 2.05) is 46.9 Å². The second-order valence-corrected chi connectivity index (χ2v) is 10.7. The molecule has 1 N–H and O–H groups in total. The average Bonchev–Trinajstić information content (AvgIpc) is 3.34. The first-order valence-electron chi connectivity index (χ1n) is 11.5. The van der Waals surface area contributed by atoms with Crippen LogP contribution in [0.4, 0.5) is 11.5 Å². The van der Waals surface area contributed by atoms with Crippen LogP contribution < -0.4 is 9.62 Å². The highest BCUT2D eigenvalue weighted by Gasteiger charge is 2.27. The number of carbonyl (C=O) groups is 1. The van der Waals surface area contributed by atoms with Crippen molar-refractivity contribution >= 4 is 49.9 Å². The van der Waals surface area contributed by atoms with E-state index in [9.17, 15) is 13.2 Å². The van der Waals surface area contributed by atoms with Crippen LogP contribution in [-0.2, 0) is 14.8 Å². The molecule has 2 aromatic heterocycles. The molecule has 1 fully saturated rings. The minimum absolute atomic E-state index is 0. The van der Waals surface area contributed by atoms with Gasteiger partial charge in [-0.05, 0) is 49.4 Å². The van der Waals surface area contributed by atoms with Crippen molar-refractivity contribution in [1.29, 1.82) is 0 Å². The molecule has 1 aliphatic rings. The second kappa shape index (κ2) is 9.79. The fraction of sp³-hybridized carbons (Fsp3) is 0.240. The highest BCUT2D eigenvalue weighted by molar-refractivity contribution is 7.92. The minimum Gasteiger partial charge on any atom is -0.368 e. The summed E-state index contributed by atoms with van der Waals surface area (Å²) in [7, 11) is -3.75. The van der Waals surface area contributed by atoms with Gasteiger partial charge in [0.05, 0.1) is 15.4 Å². The lowest BCUT2D eigenvalue weighted by Crippen LogP contribution is -2.50. The standard InChI is InChI=1S/C25H25ClN6O3S.H2/c1-18(32-12-10-19-3-2-4-22(26)24(19)32)25(33)31-15-13-30(14-16-31)20-5-7-21(8-6-20)36(34,35)29-23-9-11-27-17-28-23;/h2-12,17-18H,13-16H2,1H3,(H,27,28,29);1H. The minimum atomic E-state index is -3.75. The maximum atomic E-state index is 13.3. The van der Waals surface area contributed by atoms with Gasteiger partial charge in [0.25, 0.3) is 10.0 Å². The quantitative estimate of drug-likeness (QED) is 0.407. The van der Waals surface area contributed by atoms with Crippen LogP contribution in [-0.4, -0.2) is 59.9 Å². The number of para-hydroxylation sites is 1. The van der Waals surface area contributed by atoms with Gasteiger partial charge in [-0.15, -0.1) is 0 Å². The van der Waals surface area contributed by atoms with Crippen LogP contribution in [0.15, 0.2) is 78.2 Å². The van der Waals surface area contributed by atoms with Crippen LogP contribution >= 0.6 is 11.6 Å². The zero-order chi connectivity index (χ0) is 25.3. The molecule has 9 nitrogen and oxygen atoms in total. The van der Waals surface area contributed by atoms with Gasteiger partial charge in [0.15, 0.2) is 0 Å². The summed E-state index contributed by atoms with van der Waals surface area (Å²) >= 11 is 6.41. The summed E-state index contributed by atoms with van der Waals surface area (Å²) in [6, 6.07) is 15.5. The molecule has 5 rings (SSSR count). The van der Waals surface area contributed by atoms with Gasteiger partial charge in [0.2, 0.25) is 5.91 Å². The maximum Gasteiger partial charge on any atom is 0.263 e. The number of fused-ring (bicyclic) bond motifs is 1. The molecule has 188 valence electrons. The van der Waals surface area contributed by atoms with E-state index in [4.69, 9.17) is 11.6 Å². The third kappa shape index (κ3) is 4.74. The summed E-state index contributed by atoms with van der Waals surface area (Å²) in [5.41, 5.74) is 1.77. The first-order chi connectivity index (χ1) is 17.3. The lowest BCUT2D eigenvalue weighted by atomic mass is 10.2. The number of benzene rings is 2. The number of carbonyl (C=O) groups excluding carboxylic acids is 1.